The van der Waals surface area contributed by atoms with Crippen molar-refractivity contribution in [1.82, 2.24) is 4.90 Å². The Hall–Kier alpha value is -1.55. The fourth-order valence-corrected chi connectivity index (χ4v) is 2.33. The van der Waals surface area contributed by atoms with Crippen molar-refractivity contribution >= 4 is 11.5 Å². The molecule has 0 spiro atoms. The normalized spacial score (nSPS) is 24.1. The monoisotopic (exact) mass is 204 g/mol. The van der Waals surface area contributed by atoms with E-state index in [1.165, 1.54) is 0 Å². The Balaban J connectivity index is 2.18. The molecule has 4 nitrogen and oxygen atoms in total. The molecule has 1 N–H and O–H groups in total. The minimum atomic E-state index is -0.601. The minimum absolute atomic E-state index is 0.508. The van der Waals surface area contributed by atoms with Gasteiger partial charge in [0.15, 0.2) is 6.10 Å². The summed E-state index contributed by atoms with van der Waals surface area (Å²) in [5.74, 6) is 0.508. The summed E-state index contributed by atoms with van der Waals surface area (Å²) in [7, 11) is 0. The number of aliphatic hydroxyl groups is 1. The van der Waals surface area contributed by atoms with Gasteiger partial charge < -0.3 is 10.3 Å². The van der Waals surface area contributed by atoms with E-state index in [-0.39, 0.29) is 0 Å². The van der Waals surface area contributed by atoms with Crippen LogP contribution in [0, 0.1) is 5.21 Å². The van der Waals surface area contributed by atoms with Gasteiger partial charge in [-0.1, -0.05) is 18.2 Å². The Morgan fingerprint density at radius 3 is 3.07 bits per heavy atom. The first-order chi connectivity index (χ1) is 7.27. The van der Waals surface area contributed by atoms with E-state index in [0.29, 0.717) is 17.9 Å². The fraction of sp³-hybridized carbons (Fsp3) is 0.364. The quantitative estimate of drug-likeness (QED) is 0.502. The van der Waals surface area contributed by atoms with Crippen molar-refractivity contribution in [2.75, 3.05) is 6.54 Å². The average Bonchev–Trinajstić information content (AvgIpc) is 2.61. The van der Waals surface area contributed by atoms with Crippen LogP contribution in [-0.4, -0.2) is 33.2 Å². The van der Waals surface area contributed by atoms with Gasteiger partial charge in [0.2, 0.25) is 0 Å². The Morgan fingerprint density at radius 1 is 1.40 bits per heavy atom. The van der Waals surface area contributed by atoms with Gasteiger partial charge >= 0.3 is 0 Å². The Morgan fingerprint density at radius 2 is 2.20 bits per heavy atom. The molecule has 0 bridgehead atoms. The van der Waals surface area contributed by atoms with Crippen LogP contribution in [-0.2, 0) is 6.54 Å². The van der Waals surface area contributed by atoms with Crippen LogP contribution in [0.1, 0.15) is 12.0 Å². The molecule has 0 aromatic heterocycles. The van der Waals surface area contributed by atoms with Crippen LogP contribution in [0.3, 0.4) is 0 Å². The molecule has 1 aromatic carbocycles. The van der Waals surface area contributed by atoms with E-state index in [0.717, 1.165) is 23.4 Å². The molecule has 15 heavy (non-hydrogen) atoms. The lowest BCUT2D eigenvalue weighted by Crippen LogP contribution is -2.38. The number of hydrogen-bond donors (Lipinski definition) is 1. The maximum absolute atomic E-state index is 12.0. The van der Waals surface area contributed by atoms with Crippen LogP contribution >= 0.6 is 0 Å². The third kappa shape index (κ3) is 1.15. The molecular formula is C11H12N2O2. The summed E-state index contributed by atoms with van der Waals surface area (Å²) in [5.41, 5.74) is 1.70. The summed E-state index contributed by atoms with van der Waals surface area (Å²) in [4.78, 5) is 1.96. The highest BCUT2D eigenvalue weighted by Crippen LogP contribution is 2.29. The van der Waals surface area contributed by atoms with E-state index < -0.39 is 6.10 Å². The van der Waals surface area contributed by atoms with Gasteiger partial charge in [-0.3, -0.25) is 4.90 Å². The largest absolute Gasteiger partial charge is 0.710 e. The number of hydrogen-bond acceptors (Lipinski definition) is 3. The number of para-hydroxylation sites is 1. The lowest BCUT2D eigenvalue weighted by atomic mass is 10.1. The topological polar surface area (TPSA) is 49.5 Å². The molecule has 0 radical (unpaired) electrons. The van der Waals surface area contributed by atoms with E-state index in [1.54, 1.807) is 6.07 Å². The summed E-state index contributed by atoms with van der Waals surface area (Å²) in [5, 5.41) is 21.7. The molecule has 78 valence electrons. The third-order valence-electron chi connectivity index (χ3n) is 3.07. The number of rotatable bonds is 0. The molecule has 2 aliphatic heterocycles. The van der Waals surface area contributed by atoms with E-state index >= 15 is 0 Å². The van der Waals surface area contributed by atoms with Gasteiger partial charge in [-0.2, -0.15) is 0 Å². The molecule has 1 atom stereocenters. The van der Waals surface area contributed by atoms with Crippen LogP contribution in [0.4, 0.5) is 5.69 Å². The van der Waals surface area contributed by atoms with Gasteiger partial charge in [0.25, 0.3) is 5.84 Å². The van der Waals surface area contributed by atoms with E-state index in [9.17, 15) is 10.3 Å². The van der Waals surface area contributed by atoms with Crippen molar-refractivity contribution in [2.24, 2.45) is 0 Å². The molecule has 4 heteroatoms. The molecule has 2 heterocycles. The van der Waals surface area contributed by atoms with Crippen LogP contribution in [0.2, 0.25) is 0 Å². The predicted octanol–water partition coefficient (Wildman–Crippen LogP) is 0.807. The van der Waals surface area contributed by atoms with Gasteiger partial charge in [-0.15, -0.1) is 0 Å². The second-order valence-corrected chi connectivity index (χ2v) is 4.01. The second-order valence-electron chi connectivity index (χ2n) is 4.01. The molecule has 1 aromatic rings. The van der Waals surface area contributed by atoms with Crippen LogP contribution < -0.4 is 0 Å². The molecule has 0 aliphatic carbocycles. The summed E-state index contributed by atoms with van der Waals surface area (Å²) >= 11 is 0. The summed E-state index contributed by atoms with van der Waals surface area (Å²) in [6.07, 6.45) is 0.0538. The molecule has 2 aliphatic rings. The number of aliphatic hydroxyl groups excluding tert-OH is 1. The van der Waals surface area contributed by atoms with Gasteiger partial charge in [-0.25, -0.2) is 4.74 Å². The third-order valence-corrected chi connectivity index (χ3v) is 3.07. The van der Waals surface area contributed by atoms with Crippen LogP contribution in [0.5, 0.6) is 0 Å². The highest BCUT2D eigenvalue weighted by Gasteiger charge is 2.39. The Bertz CT molecular complexity index is 442. The van der Waals surface area contributed by atoms with Gasteiger partial charge in [0, 0.05) is 12.0 Å². The fourth-order valence-electron chi connectivity index (χ4n) is 2.33. The highest BCUT2D eigenvalue weighted by molar-refractivity contribution is 5.86. The molecule has 1 saturated heterocycles. The predicted molar refractivity (Wildman–Crippen MR) is 55.8 cm³/mol. The smallest absolute Gasteiger partial charge is 0.284 e. The van der Waals surface area contributed by atoms with E-state index in [1.807, 2.05) is 23.1 Å². The average molecular weight is 204 g/mol. The first kappa shape index (κ1) is 8.73. The van der Waals surface area contributed by atoms with Gasteiger partial charge in [0.05, 0.1) is 6.54 Å². The van der Waals surface area contributed by atoms with Gasteiger partial charge in [0.1, 0.15) is 12.2 Å². The minimum Gasteiger partial charge on any atom is -0.710 e. The van der Waals surface area contributed by atoms with Crippen LogP contribution in [0.15, 0.2) is 24.3 Å². The number of amidine groups is 1. The summed E-state index contributed by atoms with van der Waals surface area (Å²) in [6, 6.07) is 7.55. The van der Waals surface area contributed by atoms with Crippen molar-refractivity contribution in [2.45, 2.75) is 19.1 Å². The number of benzene rings is 1. The zero-order valence-corrected chi connectivity index (χ0v) is 8.26. The van der Waals surface area contributed by atoms with E-state index in [2.05, 4.69) is 0 Å². The zero-order valence-electron chi connectivity index (χ0n) is 8.26. The van der Waals surface area contributed by atoms with Crippen LogP contribution in [0.25, 0.3) is 0 Å². The molecule has 0 amide bonds. The molecule has 0 saturated carbocycles. The Labute approximate surface area is 87.7 Å². The van der Waals surface area contributed by atoms with Crippen molar-refractivity contribution < 1.29 is 9.85 Å². The van der Waals surface area contributed by atoms with Crippen molar-refractivity contribution in [3.05, 3.63) is 35.0 Å². The van der Waals surface area contributed by atoms with Crippen molar-refractivity contribution in [3.8, 4) is 0 Å². The summed E-state index contributed by atoms with van der Waals surface area (Å²) in [6.45, 7) is 1.50. The van der Waals surface area contributed by atoms with Crippen molar-refractivity contribution in [1.29, 1.82) is 0 Å². The number of fused-ring (bicyclic) bond motifs is 2. The molecule has 3 rings (SSSR count). The molecule has 1 fully saturated rings. The molecular weight excluding hydrogens is 192 g/mol. The second kappa shape index (κ2) is 2.97. The van der Waals surface area contributed by atoms with E-state index in [4.69, 9.17) is 0 Å². The zero-order chi connectivity index (χ0) is 10.4. The first-order valence-corrected chi connectivity index (χ1v) is 5.12. The van der Waals surface area contributed by atoms with Crippen molar-refractivity contribution in [3.63, 3.8) is 0 Å². The number of nitrogens with zero attached hydrogens (tertiary/aromatic N) is 2. The standard InChI is InChI=1S/C11H12N2O2/c14-10-5-6-12-7-8-3-1-2-4-9(8)13(15)11(10)12/h1-4,10,14H,5-7H2/t10-/m0/s1. The maximum atomic E-state index is 12.0. The van der Waals surface area contributed by atoms with Gasteiger partial charge in [-0.05, 0) is 6.07 Å². The highest BCUT2D eigenvalue weighted by atomic mass is 16.5. The lowest BCUT2D eigenvalue weighted by Gasteiger charge is -2.26. The first-order valence-electron chi connectivity index (χ1n) is 5.12. The Kier molecular flexibility index (Phi) is 1.73. The molecule has 0 unspecified atom stereocenters. The maximum Gasteiger partial charge on any atom is 0.284 e. The summed E-state index contributed by atoms with van der Waals surface area (Å²) < 4.78 is 0.872. The lowest BCUT2D eigenvalue weighted by molar-refractivity contribution is -0.375. The SMILES string of the molecule is [O-][N+]1=C2[C@@H](O)CCN2Cc2ccccc21.